The molecule has 0 radical (unpaired) electrons. The third kappa shape index (κ3) is 3.22. The Morgan fingerprint density at radius 1 is 0.900 bits per heavy atom. The number of nitrogens with zero attached hydrogens (tertiary/aromatic N) is 6. The number of rotatable bonds is 3. The van der Waals surface area contributed by atoms with E-state index in [9.17, 15) is 4.79 Å². The number of benzene rings is 1. The van der Waals surface area contributed by atoms with Gasteiger partial charge in [0.25, 0.3) is 0 Å². The number of amides is 1. The topological polar surface area (TPSA) is 58.7 Å². The fraction of sp³-hybridized carbons (Fsp3) is 0.261. The van der Waals surface area contributed by atoms with E-state index in [1.807, 2.05) is 47.4 Å². The number of hydrogen-bond acceptors (Lipinski definition) is 4. The van der Waals surface area contributed by atoms with E-state index in [1.54, 1.807) is 6.92 Å². The number of imidazole rings is 1. The molecule has 1 fully saturated rings. The molecular weight excluding hydrogens is 376 g/mol. The van der Waals surface area contributed by atoms with Crippen LogP contribution >= 0.6 is 0 Å². The van der Waals surface area contributed by atoms with Gasteiger partial charge in [-0.15, -0.1) is 0 Å². The molecule has 0 atom stereocenters. The van der Waals surface area contributed by atoms with Gasteiger partial charge in [0.1, 0.15) is 11.5 Å². The van der Waals surface area contributed by atoms with Crippen molar-refractivity contribution < 1.29 is 4.79 Å². The van der Waals surface area contributed by atoms with Gasteiger partial charge >= 0.3 is 0 Å². The first-order valence-electron chi connectivity index (χ1n) is 10.2. The molecule has 152 valence electrons. The SMILES string of the molecule is CC(=O)N1CCN(c2cccc3ncc(-c4ccc(-c5cnn(C)c5)cc4)n23)CC1. The fourth-order valence-corrected chi connectivity index (χ4v) is 4.12. The highest BCUT2D eigenvalue weighted by molar-refractivity contribution is 5.74. The zero-order valence-electron chi connectivity index (χ0n) is 17.2. The first-order chi connectivity index (χ1) is 14.6. The molecule has 1 aromatic carbocycles. The lowest BCUT2D eigenvalue weighted by atomic mass is 10.1. The van der Waals surface area contributed by atoms with Crippen LogP contribution in [-0.4, -0.2) is 56.2 Å². The molecule has 1 aliphatic heterocycles. The number of carbonyl (C=O) groups excluding carboxylic acids is 1. The van der Waals surface area contributed by atoms with E-state index in [1.165, 1.54) is 0 Å². The number of aryl methyl sites for hydroxylation is 1. The monoisotopic (exact) mass is 400 g/mol. The molecule has 0 aliphatic carbocycles. The summed E-state index contributed by atoms with van der Waals surface area (Å²) in [4.78, 5) is 20.5. The van der Waals surface area contributed by atoms with Crippen LogP contribution in [0.1, 0.15) is 6.92 Å². The molecule has 1 saturated heterocycles. The van der Waals surface area contributed by atoms with Gasteiger partial charge in [0.15, 0.2) is 0 Å². The summed E-state index contributed by atoms with van der Waals surface area (Å²) in [7, 11) is 1.92. The van der Waals surface area contributed by atoms with Crippen LogP contribution in [0.5, 0.6) is 0 Å². The minimum Gasteiger partial charge on any atom is -0.354 e. The minimum absolute atomic E-state index is 0.143. The zero-order chi connectivity index (χ0) is 20.7. The summed E-state index contributed by atoms with van der Waals surface area (Å²) < 4.78 is 4.02. The van der Waals surface area contributed by atoms with Gasteiger partial charge in [-0.3, -0.25) is 13.9 Å². The number of piperazine rings is 1. The number of aromatic nitrogens is 4. The van der Waals surface area contributed by atoms with Gasteiger partial charge in [-0.1, -0.05) is 30.3 Å². The summed E-state index contributed by atoms with van der Waals surface area (Å²) >= 11 is 0. The van der Waals surface area contributed by atoms with Crippen LogP contribution in [0.15, 0.2) is 61.1 Å². The smallest absolute Gasteiger partial charge is 0.219 e. The minimum atomic E-state index is 0.143. The Morgan fingerprint density at radius 3 is 2.30 bits per heavy atom. The van der Waals surface area contributed by atoms with Gasteiger partial charge in [-0.05, 0) is 17.7 Å². The third-order valence-corrected chi connectivity index (χ3v) is 5.78. The number of pyridine rings is 1. The van der Waals surface area contributed by atoms with E-state index in [2.05, 4.69) is 49.7 Å². The molecule has 4 aromatic rings. The average molecular weight is 400 g/mol. The van der Waals surface area contributed by atoms with Crippen LogP contribution in [0.4, 0.5) is 5.82 Å². The van der Waals surface area contributed by atoms with Crippen LogP contribution in [0.25, 0.3) is 28.0 Å². The number of anilines is 1. The second-order valence-corrected chi connectivity index (χ2v) is 7.69. The van der Waals surface area contributed by atoms with Gasteiger partial charge < -0.3 is 9.80 Å². The van der Waals surface area contributed by atoms with Crippen molar-refractivity contribution >= 4 is 17.4 Å². The molecular formula is C23H24N6O. The standard InChI is InChI=1S/C23H24N6O/c1-17(30)27-10-12-28(13-11-27)23-5-3-4-22-24-15-21(29(22)23)19-8-6-18(7-9-19)20-14-25-26(2)16-20/h3-9,14-16H,10-13H2,1-2H3. The first kappa shape index (κ1) is 18.4. The van der Waals surface area contributed by atoms with E-state index in [0.29, 0.717) is 0 Å². The molecule has 0 N–H and O–H groups in total. The van der Waals surface area contributed by atoms with Crippen molar-refractivity contribution in [3.63, 3.8) is 0 Å². The summed E-state index contributed by atoms with van der Waals surface area (Å²) in [5.74, 6) is 1.25. The highest BCUT2D eigenvalue weighted by Gasteiger charge is 2.21. The Morgan fingerprint density at radius 2 is 1.63 bits per heavy atom. The predicted octanol–water partition coefficient (Wildman–Crippen LogP) is 3.07. The average Bonchev–Trinajstić information content (AvgIpc) is 3.40. The summed E-state index contributed by atoms with van der Waals surface area (Å²) in [6, 6.07) is 14.7. The Hall–Kier alpha value is -3.61. The number of hydrogen-bond donors (Lipinski definition) is 0. The molecule has 0 bridgehead atoms. The van der Waals surface area contributed by atoms with Crippen molar-refractivity contribution in [3.05, 3.63) is 61.1 Å². The lowest BCUT2D eigenvalue weighted by Crippen LogP contribution is -2.48. The van der Waals surface area contributed by atoms with Crippen LogP contribution in [0.2, 0.25) is 0 Å². The molecule has 7 nitrogen and oxygen atoms in total. The maximum atomic E-state index is 11.7. The lowest BCUT2D eigenvalue weighted by molar-refractivity contribution is -0.129. The van der Waals surface area contributed by atoms with Crippen LogP contribution in [0.3, 0.4) is 0 Å². The molecule has 0 saturated carbocycles. The molecule has 1 aliphatic rings. The van der Waals surface area contributed by atoms with Crippen molar-refractivity contribution in [1.82, 2.24) is 24.1 Å². The molecule has 1 amide bonds. The van der Waals surface area contributed by atoms with Gasteiger partial charge in [0.2, 0.25) is 5.91 Å². The van der Waals surface area contributed by atoms with Gasteiger partial charge in [0.05, 0.1) is 18.1 Å². The lowest BCUT2D eigenvalue weighted by Gasteiger charge is -2.36. The molecule has 4 heterocycles. The summed E-state index contributed by atoms with van der Waals surface area (Å²) in [5.41, 5.74) is 5.35. The molecule has 0 spiro atoms. The fourth-order valence-electron chi connectivity index (χ4n) is 4.12. The zero-order valence-corrected chi connectivity index (χ0v) is 17.2. The second-order valence-electron chi connectivity index (χ2n) is 7.69. The number of fused-ring (bicyclic) bond motifs is 1. The maximum Gasteiger partial charge on any atom is 0.219 e. The van der Waals surface area contributed by atoms with E-state index < -0.39 is 0 Å². The van der Waals surface area contributed by atoms with Crippen LogP contribution in [-0.2, 0) is 11.8 Å². The Bertz CT molecular complexity index is 1200. The van der Waals surface area contributed by atoms with Crippen molar-refractivity contribution in [1.29, 1.82) is 0 Å². The first-order valence-corrected chi connectivity index (χ1v) is 10.2. The van der Waals surface area contributed by atoms with E-state index in [0.717, 1.165) is 60.0 Å². The van der Waals surface area contributed by atoms with E-state index in [-0.39, 0.29) is 5.91 Å². The molecule has 5 rings (SSSR count). The van der Waals surface area contributed by atoms with Crippen molar-refractivity contribution in [2.24, 2.45) is 7.05 Å². The highest BCUT2D eigenvalue weighted by atomic mass is 16.2. The summed E-state index contributed by atoms with van der Waals surface area (Å²) in [6.07, 6.45) is 5.83. The van der Waals surface area contributed by atoms with Gasteiger partial charge in [-0.25, -0.2) is 4.98 Å². The van der Waals surface area contributed by atoms with E-state index in [4.69, 9.17) is 0 Å². The number of carbonyl (C=O) groups is 1. The van der Waals surface area contributed by atoms with Crippen molar-refractivity contribution in [2.45, 2.75) is 6.92 Å². The molecule has 3 aromatic heterocycles. The molecule has 30 heavy (non-hydrogen) atoms. The molecule has 0 unspecified atom stereocenters. The van der Waals surface area contributed by atoms with Crippen molar-refractivity contribution in [2.75, 3.05) is 31.1 Å². The Kier molecular flexibility index (Phi) is 4.50. The summed E-state index contributed by atoms with van der Waals surface area (Å²) in [5, 5.41) is 4.26. The predicted molar refractivity (Wildman–Crippen MR) is 117 cm³/mol. The maximum absolute atomic E-state index is 11.7. The largest absolute Gasteiger partial charge is 0.354 e. The quantitative estimate of drug-likeness (QED) is 0.530. The van der Waals surface area contributed by atoms with Crippen LogP contribution in [0, 0.1) is 0 Å². The van der Waals surface area contributed by atoms with E-state index >= 15 is 0 Å². The Labute approximate surface area is 175 Å². The van der Waals surface area contributed by atoms with Crippen molar-refractivity contribution in [3.8, 4) is 22.4 Å². The second kappa shape index (κ2) is 7.33. The van der Waals surface area contributed by atoms with Gasteiger partial charge in [-0.2, -0.15) is 5.10 Å². The Balaban J connectivity index is 1.49. The van der Waals surface area contributed by atoms with Crippen LogP contribution < -0.4 is 4.90 Å². The highest BCUT2D eigenvalue weighted by Crippen LogP contribution is 2.29. The van der Waals surface area contributed by atoms with Gasteiger partial charge in [0, 0.05) is 57.5 Å². The molecule has 7 heteroatoms. The normalized spacial score (nSPS) is 14.5. The third-order valence-electron chi connectivity index (χ3n) is 5.78. The summed E-state index contributed by atoms with van der Waals surface area (Å²) in [6.45, 7) is 4.76.